The van der Waals surface area contributed by atoms with Gasteiger partial charge in [0.15, 0.2) is 0 Å². The molecule has 3 aromatic rings. The van der Waals surface area contributed by atoms with Gasteiger partial charge in [-0.1, -0.05) is 46.1 Å². The molecule has 3 aliphatic carbocycles. The summed E-state index contributed by atoms with van der Waals surface area (Å²) in [7, 11) is 0.485. The molecule has 2 aromatic carbocycles. The molecule has 2 amide bonds. The summed E-state index contributed by atoms with van der Waals surface area (Å²) in [6.45, 7) is 7.66. The fourth-order valence-electron chi connectivity index (χ4n) is 9.80. The first-order valence-corrected chi connectivity index (χ1v) is 19.6. The van der Waals surface area contributed by atoms with Crippen LogP contribution in [0.15, 0.2) is 36.4 Å². The van der Waals surface area contributed by atoms with Crippen molar-refractivity contribution in [1.82, 2.24) is 18.9 Å². The van der Waals surface area contributed by atoms with Crippen LogP contribution in [0.25, 0.3) is 22.2 Å². The van der Waals surface area contributed by atoms with Gasteiger partial charge in [0.05, 0.1) is 18.7 Å². The number of ether oxygens (including phenoxy) is 1. The Morgan fingerprint density at radius 3 is 2.41 bits per heavy atom. The standard InChI is InChI=1S/C39H52N4O5S/c1-38(2)31-16-18-39(38,3)19-17-32(31)40-36(44)27-20-26-21-28(48-6)13-15-29(26)35-34(24-10-8-7-9-11-24)30-14-12-25(22-33(30)43(35)23-27)37(45)41-49(46,47)42(4)5/h12-15,21-22,24,27,31-32H,7-11,16-20,23H2,1-6H3,(H,40,44)(H,41,45)/t27-,31?,32-,39?/m0/s1. The maximum atomic E-state index is 14.5. The number of hydrogen-bond donors (Lipinski definition) is 2. The molecule has 264 valence electrons. The van der Waals surface area contributed by atoms with Crippen LogP contribution in [0.1, 0.15) is 106 Å². The Labute approximate surface area is 291 Å². The molecule has 4 aliphatic rings. The fraction of sp³-hybridized carbons (Fsp3) is 0.590. The maximum Gasteiger partial charge on any atom is 0.303 e. The average molecular weight is 689 g/mol. The zero-order chi connectivity index (χ0) is 34.9. The van der Waals surface area contributed by atoms with Gasteiger partial charge in [0.25, 0.3) is 5.91 Å². The zero-order valence-electron chi connectivity index (χ0n) is 29.9. The molecular formula is C39H52N4O5S. The van der Waals surface area contributed by atoms with Gasteiger partial charge in [-0.05, 0) is 109 Å². The van der Waals surface area contributed by atoms with E-state index >= 15 is 0 Å². The lowest BCUT2D eigenvalue weighted by atomic mass is 9.58. The Morgan fingerprint density at radius 1 is 0.959 bits per heavy atom. The van der Waals surface area contributed by atoms with E-state index in [2.05, 4.69) is 47.5 Å². The Kier molecular flexibility index (Phi) is 8.66. The molecule has 2 bridgehead atoms. The van der Waals surface area contributed by atoms with Crippen LogP contribution in [0.3, 0.4) is 0 Å². The largest absolute Gasteiger partial charge is 0.497 e. The van der Waals surface area contributed by atoms with Crippen molar-refractivity contribution in [3.63, 3.8) is 0 Å². The minimum atomic E-state index is -3.97. The number of benzene rings is 2. The fourth-order valence-corrected chi connectivity index (χ4v) is 10.3. The minimum Gasteiger partial charge on any atom is -0.497 e. The molecule has 0 saturated heterocycles. The summed E-state index contributed by atoms with van der Waals surface area (Å²) in [5, 5.41) is 4.64. The number of carbonyl (C=O) groups excluding carboxylic acids is 2. The lowest BCUT2D eigenvalue weighted by molar-refractivity contribution is -0.127. The van der Waals surface area contributed by atoms with Crippen molar-refractivity contribution in [2.75, 3.05) is 21.2 Å². The molecule has 7 rings (SSSR count). The number of hydrogen-bond acceptors (Lipinski definition) is 5. The van der Waals surface area contributed by atoms with Crippen molar-refractivity contribution in [2.24, 2.45) is 22.7 Å². The van der Waals surface area contributed by atoms with E-state index in [1.54, 1.807) is 13.2 Å². The van der Waals surface area contributed by atoms with E-state index in [0.717, 1.165) is 82.7 Å². The Hall–Kier alpha value is -3.37. The van der Waals surface area contributed by atoms with E-state index in [0.29, 0.717) is 30.2 Å². The van der Waals surface area contributed by atoms with Crippen LogP contribution in [-0.2, 0) is 28.0 Å². The maximum absolute atomic E-state index is 14.5. The van der Waals surface area contributed by atoms with Crippen molar-refractivity contribution in [1.29, 1.82) is 0 Å². The summed E-state index contributed by atoms with van der Waals surface area (Å²) in [5.41, 5.74) is 6.18. The van der Waals surface area contributed by atoms with Gasteiger partial charge in [-0.3, -0.25) is 9.59 Å². The molecule has 2 unspecified atom stereocenters. The van der Waals surface area contributed by atoms with Gasteiger partial charge >= 0.3 is 10.2 Å². The summed E-state index contributed by atoms with van der Waals surface area (Å²) in [6.07, 6.45) is 10.8. The summed E-state index contributed by atoms with van der Waals surface area (Å²) in [4.78, 5) is 27.9. The minimum absolute atomic E-state index is 0.0740. The van der Waals surface area contributed by atoms with E-state index in [9.17, 15) is 18.0 Å². The van der Waals surface area contributed by atoms with Gasteiger partial charge in [0.2, 0.25) is 5.91 Å². The highest BCUT2D eigenvalue weighted by atomic mass is 32.2. The Bertz CT molecular complexity index is 1910. The van der Waals surface area contributed by atoms with Gasteiger partial charge in [-0.15, -0.1) is 0 Å². The SMILES string of the molecule is COc1ccc2c(c1)C[C@H](C(=O)N[C@H]1CCC3(C)CCC1C3(C)C)Cn1c-2c(C2CCCCC2)c2ccc(C(=O)NS(=O)(=O)N(C)C)cc21. The van der Waals surface area contributed by atoms with Crippen molar-refractivity contribution >= 4 is 32.9 Å². The number of carbonyl (C=O) groups is 2. The third kappa shape index (κ3) is 5.76. The Morgan fingerprint density at radius 2 is 1.69 bits per heavy atom. The zero-order valence-corrected chi connectivity index (χ0v) is 30.7. The number of nitrogens with zero attached hydrogens (tertiary/aromatic N) is 2. The lowest BCUT2D eigenvalue weighted by Gasteiger charge is -2.49. The van der Waals surface area contributed by atoms with Crippen LogP contribution in [-0.4, -0.2) is 56.4 Å². The van der Waals surface area contributed by atoms with Crippen LogP contribution < -0.4 is 14.8 Å². The smallest absolute Gasteiger partial charge is 0.303 e. The van der Waals surface area contributed by atoms with Gasteiger partial charge < -0.3 is 14.6 Å². The summed E-state index contributed by atoms with van der Waals surface area (Å²) in [6, 6.07) is 11.9. The summed E-state index contributed by atoms with van der Waals surface area (Å²) < 4.78 is 36.3. The van der Waals surface area contributed by atoms with E-state index < -0.39 is 16.1 Å². The number of nitrogens with one attached hydrogen (secondary N) is 2. The molecule has 9 nitrogen and oxygen atoms in total. The molecule has 3 saturated carbocycles. The van der Waals surface area contributed by atoms with E-state index in [1.165, 1.54) is 32.5 Å². The van der Waals surface area contributed by atoms with E-state index in [1.807, 2.05) is 18.2 Å². The van der Waals surface area contributed by atoms with Crippen LogP contribution in [0.2, 0.25) is 0 Å². The first kappa shape index (κ1) is 34.1. The molecule has 2 heterocycles. The molecule has 3 fully saturated rings. The van der Waals surface area contributed by atoms with Crippen molar-refractivity contribution < 1.29 is 22.7 Å². The van der Waals surface area contributed by atoms with Gasteiger partial charge in [0.1, 0.15) is 5.75 Å². The number of amides is 2. The van der Waals surface area contributed by atoms with Crippen LogP contribution in [0, 0.1) is 22.7 Å². The Balaban J connectivity index is 1.34. The van der Waals surface area contributed by atoms with Crippen molar-refractivity contribution in [3.05, 3.63) is 53.1 Å². The molecule has 0 radical (unpaired) electrons. The third-order valence-corrected chi connectivity index (χ3v) is 14.6. The second kappa shape index (κ2) is 12.4. The van der Waals surface area contributed by atoms with Crippen molar-refractivity contribution in [3.8, 4) is 17.0 Å². The van der Waals surface area contributed by atoms with Gasteiger partial charge in [0, 0.05) is 48.7 Å². The van der Waals surface area contributed by atoms with E-state index in [-0.39, 0.29) is 28.8 Å². The van der Waals surface area contributed by atoms with Crippen molar-refractivity contribution in [2.45, 2.75) is 103 Å². The molecule has 1 aromatic heterocycles. The highest BCUT2D eigenvalue weighted by Crippen LogP contribution is 2.62. The first-order chi connectivity index (χ1) is 23.2. The lowest BCUT2D eigenvalue weighted by Crippen LogP contribution is -2.52. The predicted molar refractivity (Wildman–Crippen MR) is 193 cm³/mol. The summed E-state index contributed by atoms with van der Waals surface area (Å²) >= 11 is 0. The van der Waals surface area contributed by atoms with Gasteiger partial charge in [-0.2, -0.15) is 12.7 Å². The molecular weight excluding hydrogens is 637 g/mol. The molecule has 49 heavy (non-hydrogen) atoms. The molecule has 1 aliphatic heterocycles. The first-order valence-electron chi connectivity index (χ1n) is 18.1. The number of rotatable bonds is 7. The number of aromatic nitrogens is 1. The number of methoxy groups -OCH3 is 1. The monoisotopic (exact) mass is 688 g/mol. The van der Waals surface area contributed by atoms with Gasteiger partial charge in [-0.25, -0.2) is 4.72 Å². The predicted octanol–water partition coefficient (Wildman–Crippen LogP) is 6.79. The average Bonchev–Trinajstić information content (AvgIpc) is 3.33. The van der Waals surface area contributed by atoms with Crippen LogP contribution in [0.5, 0.6) is 5.75 Å². The highest BCUT2D eigenvalue weighted by molar-refractivity contribution is 7.87. The normalized spacial score (nSPS) is 26.6. The third-order valence-electron chi connectivity index (χ3n) is 13.2. The second-order valence-electron chi connectivity index (χ2n) is 16.2. The quantitative estimate of drug-likeness (QED) is 0.284. The topological polar surface area (TPSA) is 110 Å². The number of fused-ring (bicyclic) bond motifs is 7. The molecule has 4 atom stereocenters. The molecule has 2 N–H and O–H groups in total. The molecule has 0 spiro atoms. The van der Waals surface area contributed by atoms with Crippen LogP contribution >= 0.6 is 0 Å². The summed E-state index contributed by atoms with van der Waals surface area (Å²) in [5.74, 6) is 0.622. The van der Waals surface area contributed by atoms with Crippen LogP contribution in [0.4, 0.5) is 0 Å². The molecule has 10 heteroatoms. The van der Waals surface area contributed by atoms with E-state index in [4.69, 9.17) is 4.74 Å². The highest BCUT2D eigenvalue weighted by Gasteiger charge is 2.57. The second-order valence-corrected chi connectivity index (χ2v) is 18.0.